The monoisotopic (exact) mass is 268 g/mol. The second-order valence-electron chi connectivity index (χ2n) is 7.11. The summed E-state index contributed by atoms with van der Waals surface area (Å²) in [5, 5.41) is 3.69. The van der Waals surface area contributed by atoms with Gasteiger partial charge in [-0.2, -0.15) is 0 Å². The van der Waals surface area contributed by atoms with Crippen LogP contribution in [0.4, 0.5) is 0 Å². The fraction of sp³-hybridized carbons (Fsp3) is 1.00. The molecule has 0 saturated carbocycles. The quantitative estimate of drug-likeness (QED) is 0.829. The summed E-state index contributed by atoms with van der Waals surface area (Å²) in [6.07, 6.45) is 5.30. The Labute approximate surface area is 119 Å². The molecule has 2 heterocycles. The van der Waals surface area contributed by atoms with Gasteiger partial charge < -0.3 is 15.0 Å². The summed E-state index contributed by atoms with van der Waals surface area (Å²) in [5.74, 6) is 0.719. The lowest BCUT2D eigenvalue weighted by Gasteiger charge is -2.30. The molecule has 3 heteroatoms. The number of nitrogens with one attached hydrogen (secondary N) is 1. The van der Waals surface area contributed by atoms with Crippen LogP contribution in [-0.4, -0.2) is 50.3 Å². The Balaban J connectivity index is 1.85. The molecule has 0 amide bonds. The molecule has 0 radical (unpaired) electrons. The topological polar surface area (TPSA) is 24.5 Å². The average Bonchev–Trinajstić information content (AvgIpc) is 2.83. The Morgan fingerprint density at radius 3 is 2.84 bits per heavy atom. The molecule has 19 heavy (non-hydrogen) atoms. The second kappa shape index (κ2) is 7.05. The summed E-state index contributed by atoms with van der Waals surface area (Å²) in [4.78, 5) is 2.68. The predicted octanol–water partition coefficient (Wildman–Crippen LogP) is 2.51. The van der Waals surface area contributed by atoms with Crippen molar-refractivity contribution >= 4 is 0 Å². The van der Waals surface area contributed by atoms with E-state index in [9.17, 15) is 0 Å². The Bertz CT molecular complexity index is 261. The highest BCUT2D eigenvalue weighted by Crippen LogP contribution is 2.30. The minimum atomic E-state index is 0.541. The van der Waals surface area contributed by atoms with Crippen LogP contribution in [0.1, 0.15) is 46.5 Å². The van der Waals surface area contributed by atoms with Gasteiger partial charge in [-0.05, 0) is 50.7 Å². The van der Waals surface area contributed by atoms with Crippen molar-refractivity contribution in [1.82, 2.24) is 10.2 Å². The van der Waals surface area contributed by atoms with Crippen molar-refractivity contribution in [1.29, 1.82) is 0 Å². The van der Waals surface area contributed by atoms with Crippen molar-refractivity contribution in [3.63, 3.8) is 0 Å². The van der Waals surface area contributed by atoms with Crippen molar-refractivity contribution in [2.45, 2.75) is 52.5 Å². The Kier molecular flexibility index (Phi) is 5.67. The number of nitrogens with zero attached hydrogens (tertiary/aromatic N) is 1. The van der Waals surface area contributed by atoms with Crippen LogP contribution in [0.15, 0.2) is 0 Å². The van der Waals surface area contributed by atoms with E-state index in [0.717, 1.165) is 25.7 Å². The SMILES string of the molecule is CCNC(CN1CCCC(C)(C)CC1)C1CCOC1. The third-order valence-corrected chi connectivity index (χ3v) is 4.89. The van der Waals surface area contributed by atoms with Crippen molar-refractivity contribution in [2.75, 3.05) is 39.4 Å². The van der Waals surface area contributed by atoms with Gasteiger partial charge in [0.25, 0.3) is 0 Å². The molecule has 3 nitrogen and oxygen atoms in total. The summed E-state index contributed by atoms with van der Waals surface area (Å²) in [7, 11) is 0. The molecule has 2 unspecified atom stereocenters. The molecular formula is C16H32N2O. The van der Waals surface area contributed by atoms with Crippen molar-refractivity contribution in [2.24, 2.45) is 11.3 Å². The maximum absolute atomic E-state index is 5.57. The maximum atomic E-state index is 5.57. The molecule has 0 aliphatic carbocycles. The molecule has 2 rings (SSSR count). The van der Waals surface area contributed by atoms with Crippen LogP contribution in [0.25, 0.3) is 0 Å². The van der Waals surface area contributed by atoms with E-state index in [1.165, 1.54) is 45.3 Å². The van der Waals surface area contributed by atoms with E-state index in [4.69, 9.17) is 4.74 Å². The third-order valence-electron chi connectivity index (χ3n) is 4.89. The average molecular weight is 268 g/mol. The van der Waals surface area contributed by atoms with Crippen LogP contribution < -0.4 is 5.32 Å². The van der Waals surface area contributed by atoms with E-state index in [2.05, 4.69) is 31.0 Å². The molecule has 0 spiro atoms. The third kappa shape index (κ3) is 4.73. The molecule has 112 valence electrons. The van der Waals surface area contributed by atoms with Crippen molar-refractivity contribution in [3.8, 4) is 0 Å². The fourth-order valence-corrected chi connectivity index (χ4v) is 3.45. The van der Waals surface area contributed by atoms with Crippen LogP contribution in [0.2, 0.25) is 0 Å². The van der Waals surface area contributed by atoms with E-state index in [1.807, 2.05) is 0 Å². The summed E-state index contributed by atoms with van der Waals surface area (Å²) in [6, 6.07) is 0.619. The molecule has 0 aromatic heterocycles. The largest absolute Gasteiger partial charge is 0.381 e. The highest BCUT2D eigenvalue weighted by atomic mass is 16.5. The molecule has 2 aliphatic rings. The van der Waals surface area contributed by atoms with Gasteiger partial charge in [-0.25, -0.2) is 0 Å². The zero-order valence-corrected chi connectivity index (χ0v) is 13.1. The second-order valence-corrected chi connectivity index (χ2v) is 7.11. The van der Waals surface area contributed by atoms with E-state index in [0.29, 0.717) is 11.5 Å². The highest BCUT2D eigenvalue weighted by Gasteiger charge is 2.29. The first-order valence-electron chi connectivity index (χ1n) is 8.14. The van der Waals surface area contributed by atoms with E-state index in [1.54, 1.807) is 0 Å². The zero-order chi connectivity index (χ0) is 13.7. The summed E-state index contributed by atoms with van der Waals surface area (Å²) < 4.78 is 5.57. The van der Waals surface area contributed by atoms with Crippen LogP contribution in [0.3, 0.4) is 0 Å². The number of hydrogen-bond donors (Lipinski definition) is 1. The van der Waals surface area contributed by atoms with E-state index in [-0.39, 0.29) is 0 Å². The Morgan fingerprint density at radius 2 is 2.16 bits per heavy atom. The number of likely N-dealkylation sites (N-methyl/N-ethyl adjacent to an activating group) is 1. The molecular weight excluding hydrogens is 236 g/mol. The molecule has 2 saturated heterocycles. The van der Waals surface area contributed by atoms with Gasteiger partial charge in [0, 0.05) is 25.1 Å². The molecule has 0 aromatic rings. The summed E-state index contributed by atoms with van der Waals surface area (Å²) in [6.45, 7) is 13.8. The lowest BCUT2D eigenvalue weighted by Crippen LogP contribution is -2.46. The van der Waals surface area contributed by atoms with Gasteiger partial charge >= 0.3 is 0 Å². The minimum absolute atomic E-state index is 0.541. The first kappa shape index (κ1) is 15.3. The van der Waals surface area contributed by atoms with Crippen LogP contribution in [-0.2, 0) is 4.74 Å². The summed E-state index contributed by atoms with van der Waals surface area (Å²) >= 11 is 0. The van der Waals surface area contributed by atoms with Crippen LogP contribution >= 0.6 is 0 Å². The lowest BCUT2D eigenvalue weighted by atomic mass is 9.85. The number of ether oxygens (including phenoxy) is 1. The van der Waals surface area contributed by atoms with Gasteiger partial charge in [-0.1, -0.05) is 20.8 Å². The lowest BCUT2D eigenvalue weighted by molar-refractivity contribution is 0.161. The molecule has 2 atom stereocenters. The first-order chi connectivity index (χ1) is 9.11. The van der Waals surface area contributed by atoms with Crippen LogP contribution in [0.5, 0.6) is 0 Å². The van der Waals surface area contributed by atoms with E-state index >= 15 is 0 Å². The van der Waals surface area contributed by atoms with E-state index < -0.39 is 0 Å². The van der Waals surface area contributed by atoms with Gasteiger partial charge in [0.2, 0.25) is 0 Å². The van der Waals surface area contributed by atoms with Gasteiger partial charge in [0.15, 0.2) is 0 Å². The maximum Gasteiger partial charge on any atom is 0.0510 e. The number of likely N-dealkylation sites (tertiary alicyclic amines) is 1. The standard InChI is InChI=1S/C16H32N2O/c1-4-17-15(14-6-11-19-13-14)12-18-9-5-7-16(2,3)8-10-18/h14-15,17H,4-13H2,1-3H3. The fourth-order valence-electron chi connectivity index (χ4n) is 3.45. The van der Waals surface area contributed by atoms with Crippen LogP contribution in [0, 0.1) is 11.3 Å². The molecule has 0 bridgehead atoms. The predicted molar refractivity (Wildman–Crippen MR) is 80.5 cm³/mol. The van der Waals surface area contributed by atoms with Gasteiger partial charge in [0.05, 0.1) is 6.61 Å². The summed E-state index contributed by atoms with van der Waals surface area (Å²) in [5.41, 5.74) is 0.541. The van der Waals surface area contributed by atoms with Gasteiger partial charge in [-0.3, -0.25) is 0 Å². The number of hydrogen-bond acceptors (Lipinski definition) is 3. The molecule has 0 aromatic carbocycles. The zero-order valence-electron chi connectivity index (χ0n) is 13.1. The minimum Gasteiger partial charge on any atom is -0.381 e. The van der Waals surface area contributed by atoms with Gasteiger partial charge in [0.1, 0.15) is 0 Å². The number of rotatable bonds is 5. The molecule has 2 aliphatic heterocycles. The molecule has 1 N–H and O–H groups in total. The molecule has 2 fully saturated rings. The highest BCUT2D eigenvalue weighted by molar-refractivity contribution is 4.84. The van der Waals surface area contributed by atoms with Crippen molar-refractivity contribution < 1.29 is 4.74 Å². The normalized spacial score (nSPS) is 30.2. The Hall–Kier alpha value is -0.120. The Morgan fingerprint density at radius 1 is 1.32 bits per heavy atom. The van der Waals surface area contributed by atoms with Crippen molar-refractivity contribution in [3.05, 3.63) is 0 Å². The first-order valence-corrected chi connectivity index (χ1v) is 8.14. The smallest absolute Gasteiger partial charge is 0.0510 e. The van der Waals surface area contributed by atoms with Gasteiger partial charge in [-0.15, -0.1) is 0 Å².